The van der Waals surface area contributed by atoms with E-state index < -0.39 is 5.97 Å². The average molecular weight is 286 g/mol. The number of hydrogen-bond acceptors (Lipinski definition) is 4. The predicted molar refractivity (Wildman–Crippen MR) is 76.5 cm³/mol. The molecule has 0 aliphatic carbocycles. The third-order valence-corrected chi connectivity index (χ3v) is 2.57. The minimum atomic E-state index is -1.02. The van der Waals surface area contributed by atoms with Crippen LogP contribution >= 0.6 is 0 Å². The van der Waals surface area contributed by atoms with E-state index in [1.54, 1.807) is 12.1 Å². The average Bonchev–Trinajstić information content (AvgIpc) is 2.88. The molecule has 108 valence electrons. The van der Waals surface area contributed by atoms with Crippen LogP contribution in [0.15, 0.2) is 36.9 Å². The molecule has 0 radical (unpaired) electrons. The van der Waals surface area contributed by atoms with E-state index in [0.29, 0.717) is 11.3 Å². The lowest BCUT2D eigenvalue weighted by molar-refractivity contribution is -0.131. The van der Waals surface area contributed by atoms with E-state index in [9.17, 15) is 9.59 Å². The first kappa shape index (κ1) is 14.4. The molecule has 2 rings (SSSR count). The first-order chi connectivity index (χ1) is 10.0. The molecular formula is C14H14N4O3. The molecule has 0 aliphatic heterocycles. The number of nitrogens with zero attached hydrogens (tertiary/aromatic N) is 3. The van der Waals surface area contributed by atoms with Crippen molar-refractivity contribution in [3.8, 4) is 0 Å². The van der Waals surface area contributed by atoms with Gasteiger partial charge < -0.3 is 10.4 Å². The number of aliphatic carboxylic acids is 1. The van der Waals surface area contributed by atoms with E-state index in [1.807, 2.05) is 13.0 Å². The molecular weight excluding hydrogens is 272 g/mol. The van der Waals surface area contributed by atoms with Crippen molar-refractivity contribution in [3.63, 3.8) is 0 Å². The van der Waals surface area contributed by atoms with Gasteiger partial charge in [-0.25, -0.2) is 14.5 Å². The number of amides is 1. The maximum atomic E-state index is 11.9. The number of carbonyl (C=O) groups excluding carboxylic acids is 1. The third-order valence-electron chi connectivity index (χ3n) is 2.57. The van der Waals surface area contributed by atoms with E-state index in [2.05, 4.69) is 15.4 Å². The number of carboxylic acid groups (broad SMARTS) is 1. The smallest absolute Gasteiger partial charge is 0.328 e. The largest absolute Gasteiger partial charge is 0.478 e. The summed E-state index contributed by atoms with van der Waals surface area (Å²) >= 11 is 0. The Kier molecular flexibility index (Phi) is 4.45. The Morgan fingerprint density at radius 2 is 2.19 bits per heavy atom. The van der Waals surface area contributed by atoms with Crippen LogP contribution < -0.4 is 5.32 Å². The van der Waals surface area contributed by atoms with Gasteiger partial charge in [0.05, 0.1) is 0 Å². The number of aromatic nitrogens is 3. The van der Waals surface area contributed by atoms with Gasteiger partial charge >= 0.3 is 5.97 Å². The molecule has 0 unspecified atom stereocenters. The van der Waals surface area contributed by atoms with E-state index in [1.165, 1.54) is 23.4 Å². The van der Waals surface area contributed by atoms with Gasteiger partial charge in [-0.1, -0.05) is 6.07 Å². The molecule has 7 nitrogen and oxygen atoms in total. The van der Waals surface area contributed by atoms with Crippen LogP contribution in [0.1, 0.15) is 11.1 Å². The summed E-state index contributed by atoms with van der Waals surface area (Å²) in [5.74, 6) is -1.26. The standard InChI is InChI=1S/C14H14N4O3/c1-10-4-11(2-3-14(20)21)6-12(5-10)17-13(19)7-18-9-15-8-16-18/h2-6,8-9H,7H2,1H3,(H,17,19)(H,20,21)/b3-2+. The Hall–Kier alpha value is -2.96. The van der Waals surface area contributed by atoms with Gasteiger partial charge in [-0.3, -0.25) is 4.79 Å². The molecule has 0 fully saturated rings. The van der Waals surface area contributed by atoms with Crippen molar-refractivity contribution in [1.82, 2.24) is 14.8 Å². The number of rotatable bonds is 5. The zero-order valence-electron chi connectivity index (χ0n) is 11.4. The molecule has 2 N–H and O–H groups in total. The molecule has 0 spiro atoms. The van der Waals surface area contributed by atoms with Crippen LogP contribution in [0.2, 0.25) is 0 Å². The van der Waals surface area contributed by atoms with Crippen molar-refractivity contribution in [3.05, 3.63) is 48.1 Å². The normalized spacial score (nSPS) is 10.7. The van der Waals surface area contributed by atoms with E-state index in [-0.39, 0.29) is 12.5 Å². The Labute approximate surface area is 120 Å². The van der Waals surface area contributed by atoms with Gasteiger partial charge in [0.1, 0.15) is 19.2 Å². The van der Waals surface area contributed by atoms with Gasteiger partial charge in [-0.05, 0) is 36.3 Å². The number of carboxylic acids is 1. The van der Waals surface area contributed by atoms with Crippen LogP contribution in [0, 0.1) is 6.92 Å². The predicted octanol–water partition coefficient (Wildman–Crippen LogP) is 1.32. The summed E-state index contributed by atoms with van der Waals surface area (Å²) in [6.07, 6.45) is 5.34. The second-order valence-corrected chi connectivity index (χ2v) is 4.45. The zero-order valence-corrected chi connectivity index (χ0v) is 11.4. The van der Waals surface area contributed by atoms with Crippen LogP contribution in [0.4, 0.5) is 5.69 Å². The Bertz CT molecular complexity index is 678. The van der Waals surface area contributed by atoms with E-state index in [0.717, 1.165) is 11.6 Å². The summed E-state index contributed by atoms with van der Waals surface area (Å²) in [6.45, 7) is 1.93. The Balaban J connectivity index is 2.09. The maximum absolute atomic E-state index is 11.9. The maximum Gasteiger partial charge on any atom is 0.328 e. The van der Waals surface area contributed by atoms with Crippen LogP contribution in [-0.4, -0.2) is 31.7 Å². The van der Waals surface area contributed by atoms with Crippen molar-refractivity contribution >= 4 is 23.6 Å². The number of hydrogen-bond donors (Lipinski definition) is 2. The fourth-order valence-corrected chi connectivity index (χ4v) is 1.81. The highest BCUT2D eigenvalue weighted by Crippen LogP contribution is 2.16. The van der Waals surface area contributed by atoms with Crippen molar-refractivity contribution in [2.45, 2.75) is 13.5 Å². The molecule has 0 aliphatic rings. The highest BCUT2D eigenvalue weighted by molar-refractivity contribution is 5.91. The quantitative estimate of drug-likeness (QED) is 0.808. The molecule has 7 heteroatoms. The molecule has 0 saturated carbocycles. The van der Waals surface area contributed by atoms with Crippen molar-refractivity contribution in [1.29, 1.82) is 0 Å². The van der Waals surface area contributed by atoms with Crippen LogP contribution in [-0.2, 0) is 16.1 Å². The van der Waals surface area contributed by atoms with Gasteiger partial charge in [0.15, 0.2) is 0 Å². The second-order valence-electron chi connectivity index (χ2n) is 4.45. The number of aryl methyl sites for hydroxylation is 1. The minimum Gasteiger partial charge on any atom is -0.478 e. The Morgan fingerprint density at radius 3 is 2.86 bits per heavy atom. The fraction of sp³-hybridized carbons (Fsp3) is 0.143. The molecule has 0 bridgehead atoms. The highest BCUT2D eigenvalue weighted by atomic mass is 16.4. The van der Waals surface area contributed by atoms with Crippen LogP contribution in [0.3, 0.4) is 0 Å². The molecule has 1 aromatic carbocycles. The third kappa shape index (κ3) is 4.57. The fourth-order valence-electron chi connectivity index (χ4n) is 1.81. The van der Waals surface area contributed by atoms with Gasteiger partial charge in [0.25, 0.3) is 0 Å². The minimum absolute atomic E-state index is 0.0637. The van der Waals surface area contributed by atoms with Gasteiger partial charge in [-0.15, -0.1) is 0 Å². The summed E-state index contributed by atoms with van der Waals surface area (Å²) < 4.78 is 1.41. The lowest BCUT2D eigenvalue weighted by atomic mass is 10.1. The molecule has 21 heavy (non-hydrogen) atoms. The monoisotopic (exact) mass is 286 g/mol. The molecule has 1 heterocycles. The summed E-state index contributed by atoms with van der Waals surface area (Å²) in [5.41, 5.74) is 2.22. The lowest BCUT2D eigenvalue weighted by Crippen LogP contribution is -2.19. The lowest BCUT2D eigenvalue weighted by Gasteiger charge is -2.07. The van der Waals surface area contributed by atoms with Crippen molar-refractivity contribution in [2.75, 3.05) is 5.32 Å². The topological polar surface area (TPSA) is 97.1 Å². The van der Waals surface area contributed by atoms with Gasteiger partial charge in [-0.2, -0.15) is 5.10 Å². The van der Waals surface area contributed by atoms with Crippen LogP contribution in [0.25, 0.3) is 6.08 Å². The zero-order chi connectivity index (χ0) is 15.2. The molecule has 0 saturated heterocycles. The van der Waals surface area contributed by atoms with Crippen molar-refractivity contribution in [2.24, 2.45) is 0 Å². The van der Waals surface area contributed by atoms with E-state index in [4.69, 9.17) is 5.11 Å². The highest BCUT2D eigenvalue weighted by Gasteiger charge is 2.05. The van der Waals surface area contributed by atoms with Crippen molar-refractivity contribution < 1.29 is 14.7 Å². The molecule has 0 atom stereocenters. The number of benzene rings is 1. The van der Waals surface area contributed by atoms with E-state index >= 15 is 0 Å². The Morgan fingerprint density at radius 1 is 1.38 bits per heavy atom. The van der Waals surface area contributed by atoms with Gasteiger partial charge in [0, 0.05) is 11.8 Å². The summed E-state index contributed by atoms with van der Waals surface area (Å²) in [6, 6.07) is 5.33. The molecule has 1 amide bonds. The second kappa shape index (κ2) is 6.47. The summed E-state index contributed by atoms with van der Waals surface area (Å²) in [5, 5.41) is 15.2. The molecule has 2 aromatic rings. The first-order valence-electron chi connectivity index (χ1n) is 6.18. The number of nitrogens with one attached hydrogen (secondary N) is 1. The molecule has 1 aromatic heterocycles. The van der Waals surface area contributed by atoms with Gasteiger partial charge in [0.2, 0.25) is 5.91 Å². The number of anilines is 1. The summed E-state index contributed by atoms with van der Waals surface area (Å²) in [7, 11) is 0. The first-order valence-corrected chi connectivity index (χ1v) is 6.18. The summed E-state index contributed by atoms with van der Waals surface area (Å²) in [4.78, 5) is 26.1. The van der Waals surface area contributed by atoms with Crippen LogP contribution in [0.5, 0.6) is 0 Å². The SMILES string of the molecule is Cc1cc(/C=C/C(=O)O)cc(NC(=O)Cn2cncn2)c1. The number of carbonyl (C=O) groups is 2.